The number of para-hydroxylation sites is 1. The molecule has 3 aliphatic heterocycles. The first-order valence-corrected chi connectivity index (χ1v) is 6.21. The number of hydrogen-bond acceptors (Lipinski definition) is 1. The maximum absolute atomic E-state index is 4.85. The van der Waals surface area contributed by atoms with Gasteiger partial charge < -0.3 is 4.48 Å². The van der Waals surface area contributed by atoms with E-state index in [1.807, 2.05) is 6.07 Å². The molecule has 16 heavy (non-hydrogen) atoms. The van der Waals surface area contributed by atoms with Gasteiger partial charge in [0.2, 0.25) is 0 Å². The summed E-state index contributed by atoms with van der Waals surface area (Å²) >= 11 is 0. The van der Waals surface area contributed by atoms with Gasteiger partial charge in [-0.15, -0.1) is 0 Å². The van der Waals surface area contributed by atoms with Gasteiger partial charge in [0.25, 0.3) is 0 Å². The first kappa shape index (κ1) is 10.0. The predicted molar refractivity (Wildman–Crippen MR) is 67.0 cm³/mol. The molecule has 2 heteroatoms. The van der Waals surface area contributed by atoms with Crippen molar-refractivity contribution in [3.63, 3.8) is 0 Å². The predicted octanol–water partition coefficient (Wildman–Crippen LogP) is 2.63. The Hall–Kier alpha value is -1.15. The Kier molecular flexibility index (Phi) is 2.32. The molecular formula is C14H19N2+. The third kappa shape index (κ3) is 1.78. The van der Waals surface area contributed by atoms with Gasteiger partial charge in [-0.1, -0.05) is 18.2 Å². The summed E-state index contributed by atoms with van der Waals surface area (Å²) in [5.74, 6) is 0.764. The van der Waals surface area contributed by atoms with Crippen LogP contribution >= 0.6 is 0 Å². The summed E-state index contributed by atoms with van der Waals surface area (Å²) in [4.78, 5) is 4.85. The van der Waals surface area contributed by atoms with Crippen LogP contribution in [0.3, 0.4) is 0 Å². The number of hydrogen-bond donors (Lipinski definition) is 0. The normalized spacial score (nSPS) is 35.6. The monoisotopic (exact) mass is 215 g/mol. The molecule has 0 unspecified atom stereocenters. The van der Waals surface area contributed by atoms with Crippen molar-refractivity contribution in [3.8, 4) is 0 Å². The summed E-state index contributed by atoms with van der Waals surface area (Å²) < 4.78 is 1.21. The lowest BCUT2D eigenvalue weighted by atomic mass is 9.84. The Morgan fingerprint density at radius 2 is 1.81 bits per heavy atom. The number of aliphatic imine (C=N–C) groups is 1. The molecule has 0 N–H and O–H groups in total. The molecule has 2 nitrogen and oxygen atoms in total. The maximum Gasteiger partial charge on any atom is 0.118 e. The largest absolute Gasteiger partial charge is 0.321 e. The SMILES string of the molecule is C[N+]12CCC(CC1)C(=Nc1ccccc1)C2. The van der Waals surface area contributed by atoms with Crippen LogP contribution in [0.25, 0.3) is 0 Å². The second-order valence-corrected chi connectivity index (χ2v) is 5.44. The zero-order valence-corrected chi connectivity index (χ0v) is 9.89. The molecule has 84 valence electrons. The smallest absolute Gasteiger partial charge is 0.118 e. The van der Waals surface area contributed by atoms with Crippen molar-refractivity contribution in [1.82, 2.24) is 0 Å². The minimum Gasteiger partial charge on any atom is -0.321 e. The molecule has 3 heterocycles. The van der Waals surface area contributed by atoms with Crippen LogP contribution in [0.2, 0.25) is 0 Å². The lowest BCUT2D eigenvalue weighted by molar-refractivity contribution is -0.911. The van der Waals surface area contributed by atoms with Gasteiger partial charge >= 0.3 is 0 Å². The van der Waals surface area contributed by atoms with Crippen molar-refractivity contribution in [1.29, 1.82) is 0 Å². The van der Waals surface area contributed by atoms with Gasteiger partial charge in [0.1, 0.15) is 6.54 Å². The van der Waals surface area contributed by atoms with Crippen LogP contribution in [0.15, 0.2) is 35.3 Å². The van der Waals surface area contributed by atoms with E-state index >= 15 is 0 Å². The van der Waals surface area contributed by atoms with E-state index in [4.69, 9.17) is 4.99 Å². The molecule has 0 atom stereocenters. The zero-order valence-electron chi connectivity index (χ0n) is 9.89. The van der Waals surface area contributed by atoms with Crippen molar-refractivity contribution in [2.75, 3.05) is 26.7 Å². The average Bonchev–Trinajstić information content (AvgIpc) is 2.30. The van der Waals surface area contributed by atoms with Crippen molar-refractivity contribution in [2.24, 2.45) is 10.9 Å². The molecule has 2 bridgehead atoms. The molecule has 0 saturated carbocycles. The van der Waals surface area contributed by atoms with Gasteiger partial charge in [-0.3, -0.25) is 4.99 Å². The molecule has 1 aromatic carbocycles. The number of rotatable bonds is 1. The van der Waals surface area contributed by atoms with Gasteiger partial charge in [0.05, 0.1) is 31.5 Å². The molecule has 0 aliphatic carbocycles. The topological polar surface area (TPSA) is 12.4 Å². The number of benzene rings is 1. The third-order valence-electron chi connectivity index (χ3n) is 4.08. The second-order valence-electron chi connectivity index (χ2n) is 5.44. The maximum atomic E-state index is 4.85. The van der Waals surface area contributed by atoms with Crippen LogP contribution in [-0.2, 0) is 0 Å². The van der Waals surface area contributed by atoms with Gasteiger partial charge in [-0.2, -0.15) is 0 Å². The van der Waals surface area contributed by atoms with Crippen LogP contribution in [0, 0.1) is 5.92 Å². The standard InChI is InChI=1S/C14H19N2/c1-16-9-7-12(8-10-16)14(11-16)15-13-5-3-2-4-6-13/h2-6,12H,7-11H2,1H3/q+1. The Balaban J connectivity index is 1.88. The zero-order chi connectivity index (χ0) is 11.0. The van der Waals surface area contributed by atoms with Crippen molar-refractivity contribution < 1.29 is 4.48 Å². The van der Waals surface area contributed by atoms with Gasteiger partial charge in [-0.05, 0) is 12.1 Å². The summed E-state index contributed by atoms with van der Waals surface area (Å²) in [6, 6.07) is 10.4. The number of nitrogens with zero attached hydrogens (tertiary/aromatic N) is 2. The number of quaternary nitrogens is 1. The van der Waals surface area contributed by atoms with Crippen LogP contribution in [0.5, 0.6) is 0 Å². The highest BCUT2D eigenvalue weighted by atomic mass is 15.3. The lowest BCUT2D eigenvalue weighted by Gasteiger charge is -2.47. The van der Waals surface area contributed by atoms with E-state index in [2.05, 4.69) is 31.3 Å². The molecule has 3 aliphatic rings. The van der Waals surface area contributed by atoms with E-state index in [0.29, 0.717) is 0 Å². The summed E-state index contributed by atoms with van der Waals surface area (Å²) in [5.41, 5.74) is 2.56. The highest BCUT2D eigenvalue weighted by Crippen LogP contribution is 2.31. The molecule has 4 rings (SSSR count). The number of fused-ring (bicyclic) bond motifs is 3. The molecular weight excluding hydrogens is 196 g/mol. The van der Waals surface area contributed by atoms with Crippen LogP contribution in [0.4, 0.5) is 5.69 Å². The second kappa shape index (κ2) is 3.70. The molecule has 1 aromatic rings. The van der Waals surface area contributed by atoms with Crippen molar-refractivity contribution >= 4 is 11.4 Å². The highest BCUT2D eigenvalue weighted by Gasteiger charge is 2.40. The van der Waals surface area contributed by atoms with Crippen LogP contribution in [-0.4, -0.2) is 36.9 Å². The van der Waals surface area contributed by atoms with Gasteiger partial charge in [-0.25, -0.2) is 0 Å². The Morgan fingerprint density at radius 3 is 2.44 bits per heavy atom. The highest BCUT2D eigenvalue weighted by molar-refractivity contribution is 5.91. The summed E-state index contributed by atoms with van der Waals surface area (Å²) in [5, 5.41) is 0. The molecule has 0 aromatic heterocycles. The lowest BCUT2D eigenvalue weighted by Crippen LogP contribution is -2.59. The van der Waals surface area contributed by atoms with Crippen LogP contribution < -0.4 is 0 Å². The molecule has 3 fully saturated rings. The van der Waals surface area contributed by atoms with Crippen molar-refractivity contribution in [2.45, 2.75) is 12.8 Å². The fourth-order valence-corrected chi connectivity index (χ4v) is 3.00. The third-order valence-corrected chi connectivity index (χ3v) is 4.08. The van der Waals surface area contributed by atoms with E-state index in [9.17, 15) is 0 Å². The van der Waals surface area contributed by atoms with Crippen LogP contribution in [0.1, 0.15) is 12.8 Å². The fourth-order valence-electron chi connectivity index (χ4n) is 3.00. The van der Waals surface area contributed by atoms with E-state index in [1.165, 1.54) is 42.7 Å². The Morgan fingerprint density at radius 1 is 1.12 bits per heavy atom. The average molecular weight is 215 g/mol. The van der Waals surface area contributed by atoms with E-state index < -0.39 is 0 Å². The first-order valence-electron chi connectivity index (χ1n) is 6.21. The van der Waals surface area contributed by atoms with Crippen molar-refractivity contribution in [3.05, 3.63) is 30.3 Å². The molecule has 0 amide bonds. The molecule has 3 saturated heterocycles. The Bertz CT molecular complexity index is 400. The summed E-state index contributed by atoms with van der Waals surface area (Å²) in [6.45, 7) is 3.86. The minimum absolute atomic E-state index is 0.764. The van der Waals surface area contributed by atoms with E-state index in [0.717, 1.165) is 11.6 Å². The minimum atomic E-state index is 0.764. The Labute approximate surface area is 97.2 Å². The van der Waals surface area contributed by atoms with Gasteiger partial charge in [0, 0.05) is 18.8 Å². The molecule has 0 radical (unpaired) electrons. The first-order chi connectivity index (χ1) is 7.75. The van der Waals surface area contributed by atoms with E-state index in [-0.39, 0.29) is 0 Å². The summed E-state index contributed by atoms with van der Waals surface area (Å²) in [7, 11) is 2.37. The fraction of sp³-hybridized carbons (Fsp3) is 0.500. The van der Waals surface area contributed by atoms with E-state index in [1.54, 1.807) is 0 Å². The molecule has 0 spiro atoms. The van der Waals surface area contributed by atoms with Gasteiger partial charge in [0.15, 0.2) is 0 Å². The number of piperidine rings is 3. The quantitative estimate of drug-likeness (QED) is 0.639. The summed E-state index contributed by atoms with van der Waals surface area (Å²) in [6.07, 6.45) is 2.67.